The summed E-state index contributed by atoms with van der Waals surface area (Å²) < 4.78 is 5.49. The molecule has 1 aromatic carbocycles. The molecule has 27 heavy (non-hydrogen) atoms. The molecule has 1 aliphatic heterocycles. The highest BCUT2D eigenvalue weighted by Crippen LogP contribution is 2.15. The van der Waals surface area contributed by atoms with Crippen molar-refractivity contribution in [2.75, 3.05) is 26.7 Å². The molecule has 2 N–H and O–H groups in total. The van der Waals surface area contributed by atoms with E-state index in [-0.39, 0.29) is 18.2 Å². The third kappa shape index (κ3) is 6.05. The predicted octanol–water partition coefficient (Wildman–Crippen LogP) is 2.73. The van der Waals surface area contributed by atoms with Gasteiger partial charge in [0.25, 0.3) is 0 Å². The van der Waals surface area contributed by atoms with Gasteiger partial charge in [0.05, 0.1) is 6.10 Å². The van der Waals surface area contributed by atoms with E-state index in [4.69, 9.17) is 4.74 Å². The number of hydrogen-bond acceptors (Lipinski definition) is 4. The molecule has 2 amide bonds. The van der Waals surface area contributed by atoms with Gasteiger partial charge in [0.1, 0.15) is 0 Å². The zero-order valence-corrected chi connectivity index (χ0v) is 15.8. The quantitative estimate of drug-likeness (QED) is 0.789. The van der Waals surface area contributed by atoms with Crippen molar-refractivity contribution in [1.29, 1.82) is 0 Å². The summed E-state index contributed by atoms with van der Waals surface area (Å²) in [5.41, 5.74) is 2.34. The van der Waals surface area contributed by atoms with Gasteiger partial charge in [-0.1, -0.05) is 30.3 Å². The molecule has 0 radical (unpaired) electrons. The largest absolute Gasteiger partial charge is 0.375 e. The average Bonchev–Trinajstić information content (AvgIpc) is 2.71. The maximum absolute atomic E-state index is 12.2. The maximum atomic E-state index is 12.2. The molecular weight excluding hydrogens is 340 g/mol. The van der Waals surface area contributed by atoms with Crippen molar-refractivity contribution in [3.05, 3.63) is 66.0 Å². The lowest BCUT2D eigenvalue weighted by Gasteiger charge is -2.32. The fourth-order valence-electron chi connectivity index (χ4n) is 3.41. The Morgan fingerprint density at radius 3 is 2.56 bits per heavy atom. The van der Waals surface area contributed by atoms with Crippen LogP contribution in [0.25, 0.3) is 0 Å². The Hall–Kier alpha value is -2.44. The molecule has 0 unspecified atom stereocenters. The molecule has 144 valence electrons. The van der Waals surface area contributed by atoms with Crippen molar-refractivity contribution >= 4 is 6.03 Å². The number of ether oxygens (including phenoxy) is 1. The number of rotatable bonds is 7. The minimum atomic E-state index is -0.140. The second-order valence-corrected chi connectivity index (χ2v) is 6.90. The highest BCUT2D eigenvalue weighted by Gasteiger charge is 2.21. The molecule has 0 saturated carbocycles. The SMILES string of the molecule is CO[C@H](CNC(=O)NC1CCN(Cc2ccncc2)CC1)c1ccccc1. The summed E-state index contributed by atoms with van der Waals surface area (Å²) >= 11 is 0. The normalized spacial score (nSPS) is 16.6. The summed E-state index contributed by atoms with van der Waals surface area (Å²) in [7, 11) is 1.66. The molecule has 1 aromatic heterocycles. The van der Waals surface area contributed by atoms with Crippen LogP contribution in [0.2, 0.25) is 0 Å². The Kier molecular flexibility index (Phi) is 7.19. The van der Waals surface area contributed by atoms with Gasteiger partial charge in [0, 0.05) is 51.7 Å². The summed E-state index contributed by atoms with van der Waals surface area (Å²) in [4.78, 5) is 18.7. The number of carbonyl (C=O) groups excluding carboxylic acids is 1. The van der Waals surface area contributed by atoms with Gasteiger partial charge in [-0.05, 0) is 36.1 Å². The van der Waals surface area contributed by atoms with Crippen LogP contribution < -0.4 is 10.6 Å². The molecule has 2 heterocycles. The second-order valence-electron chi connectivity index (χ2n) is 6.90. The van der Waals surface area contributed by atoms with Gasteiger partial charge in [-0.3, -0.25) is 9.88 Å². The standard InChI is InChI=1S/C21H28N4O2/c1-27-20(18-5-3-2-4-6-18)15-23-21(26)24-19-9-13-25(14-10-19)16-17-7-11-22-12-8-17/h2-8,11-12,19-20H,9-10,13-16H2,1H3,(H2,23,24,26)/t20-/m1/s1. The van der Waals surface area contributed by atoms with E-state index in [0.29, 0.717) is 6.54 Å². The van der Waals surface area contributed by atoms with E-state index >= 15 is 0 Å². The van der Waals surface area contributed by atoms with Crippen LogP contribution in [-0.4, -0.2) is 48.7 Å². The molecule has 3 rings (SSSR count). The number of aromatic nitrogens is 1. The van der Waals surface area contributed by atoms with Crippen molar-refractivity contribution in [1.82, 2.24) is 20.5 Å². The summed E-state index contributed by atoms with van der Waals surface area (Å²) in [5, 5.41) is 6.03. The minimum Gasteiger partial charge on any atom is -0.375 e. The van der Waals surface area contributed by atoms with Crippen molar-refractivity contribution in [2.45, 2.75) is 31.5 Å². The van der Waals surface area contributed by atoms with E-state index < -0.39 is 0 Å². The average molecular weight is 368 g/mol. The number of likely N-dealkylation sites (tertiary alicyclic amines) is 1. The Morgan fingerprint density at radius 2 is 1.89 bits per heavy atom. The number of nitrogens with one attached hydrogen (secondary N) is 2. The molecule has 0 spiro atoms. The number of amides is 2. The maximum Gasteiger partial charge on any atom is 0.315 e. The fourth-order valence-corrected chi connectivity index (χ4v) is 3.41. The molecule has 2 aromatic rings. The third-order valence-electron chi connectivity index (χ3n) is 4.98. The number of nitrogens with zero attached hydrogens (tertiary/aromatic N) is 2. The summed E-state index contributed by atoms with van der Waals surface area (Å²) in [5.74, 6) is 0. The Bertz CT molecular complexity index is 688. The Labute approximate surface area is 160 Å². The van der Waals surface area contributed by atoms with E-state index in [2.05, 4.69) is 32.7 Å². The van der Waals surface area contributed by atoms with Crippen LogP contribution >= 0.6 is 0 Å². The van der Waals surface area contributed by atoms with Gasteiger partial charge >= 0.3 is 6.03 Å². The number of carbonyl (C=O) groups is 1. The number of methoxy groups -OCH3 is 1. The smallest absolute Gasteiger partial charge is 0.315 e. The van der Waals surface area contributed by atoms with Crippen LogP contribution in [0.3, 0.4) is 0 Å². The van der Waals surface area contributed by atoms with Gasteiger partial charge in [-0.25, -0.2) is 4.79 Å². The van der Waals surface area contributed by atoms with Crippen LogP contribution in [0.1, 0.15) is 30.1 Å². The van der Waals surface area contributed by atoms with Gasteiger partial charge in [0.2, 0.25) is 0 Å². The van der Waals surface area contributed by atoms with Crippen LogP contribution in [0, 0.1) is 0 Å². The first-order valence-corrected chi connectivity index (χ1v) is 9.48. The highest BCUT2D eigenvalue weighted by atomic mass is 16.5. The molecular formula is C21H28N4O2. The molecule has 1 saturated heterocycles. The molecule has 1 atom stereocenters. The highest BCUT2D eigenvalue weighted by molar-refractivity contribution is 5.74. The van der Waals surface area contributed by atoms with Crippen LogP contribution in [0.15, 0.2) is 54.9 Å². The molecule has 1 aliphatic rings. The van der Waals surface area contributed by atoms with Crippen LogP contribution in [0.5, 0.6) is 0 Å². The minimum absolute atomic E-state index is 0.124. The number of pyridine rings is 1. The van der Waals surface area contributed by atoms with Gasteiger partial charge in [-0.2, -0.15) is 0 Å². The van der Waals surface area contributed by atoms with E-state index in [1.165, 1.54) is 5.56 Å². The van der Waals surface area contributed by atoms with Gasteiger partial charge in [-0.15, -0.1) is 0 Å². The lowest BCUT2D eigenvalue weighted by molar-refractivity contribution is 0.103. The molecule has 1 fully saturated rings. The number of piperidine rings is 1. The number of urea groups is 1. The number of benzene rings is 1. The van der Waals surface area contributed by atoms with Gasteiger partial charge in [0.15, 0.2) is 0 Å². The summed E-state index contributed by atoms with van der Waals surface area (Å²) in [6, 6.07) is 14.1. The topological polar surface area (TPSA) is 66.5 Å². The third-order valence-corrected chi connectivity index (χ3v) is 4.98. The lowest BCUT2D eigenvalue weighted by Crippen LogP contribution is -2.48. The second kappa shape index (κ2) is 10.0. The fraction of sp³-hybridized carbons (Fsp3) is 0.429. The molecule has 0 aliphatic carbocycles. The predicted molar refractivity (Wildman–Crippen MR) is 105 cm³/mol. The van der Waals surface area contributed by atoms with Crippen molar-refractivity contribution < 1.29 is 9.53 Å². The van der Waals surface area contributed by atoms with Crippen molar-refractivity contribution in [2.24, 2.45) is 0 Å². The van der Waals surface area contributed by atoms with Crippen molar-refractivity contribution in [3.63, 3.8) is 0 Å². The zero-order chi connectivity index (χ0) is 18.9. The summed E-state index contributed by atoms with van der Waals surface area (Å²) in [6.07, 6.45) is 5.45. The number of hydrogen-bond donors (Lipinski definition) is 2. The van der Waals surface area contributed by atoms with Crippen molar-refractivity contribution in [3.8, 4) is 0 Å². The van der Waals surface area contributed by atoms with E-state index in [9.17, 15) is 4.79 Å². The van der Waals surface area contributed by atoms with E-state index in [0.717, 1.165) is 38.0 Å². The lowest BCUT2D eigenvalue weighted by atomic mass is 10.0. The Balaban J connectivity index is 1.38. The van der Waals surface area contributed by atoms with Gasteiger partial charge < -0.3 is 15.4 Å². The monoisotopic (exact) mass is 368 g/mol. The van der Waals surface area contributed by atoms with Crippen LogP contribution in [-0.2, 0) is 11.3 Å². The Morgan fingerprint density at radius 1 is 1.19 bits per heavy atom. The first-order valence-electron chi connectivity index (χ1n) is 9.48. The summed E-state index contributed by atoms with van der Waals surface area (Å²) in [6.45, 7) is 3.36. The zero-order valence-electron chi connectivity index (χ0n) is 15.8. The first kappa shape index (κ1) is 19.3. The van der Waals surface area contributed by atoms with Crippen LogP contribution in [0.4, 0.5) is 4.79 Å². The van der Waals surface area contributed by atoms with E-state index in [1.54, 1.807) is 7.11 Å². The molecule has 0 bridgehead atoms. The molecule has 6 heteroatoms. The first-order chi connectivity index (χ1) is 13.2. The molecule has 6 nitrogen and oxygen atoms in total. The van der Waals surface area contributed by atoms with E-state index in [1.807, 2.05) is 42.7 Å².